The molecule has 1 heterocycles. The molecule has 1 aromatic rings. The lowest BCUT2D eigenvalue weighted by molar-refractivity contribution is 0.252. The number of hydrogen-bond acceptors (Lipinski definition) is 3. The zero-order valence-corrected chi connectivity index (χ0v) is 12.8. The van der Waals surface area contributed by atoms with Crippen LogP contribution in [0.5, 0.6) is 0 Å². The van der Waals surface area contributed by atoms with E-state index in [4.69, 9.17) is 0 Å². The third-order valence-corrected chi connectivity index (χ3v) is 4.16. The Morgan fingerprint density at radius 3 is 2.44 bits per heavy atom. The van der Waals surface area contributed by atoms with Crippen molar-refractivity contribution in [3.63, 3.8) is 0 Å². The Hall–Kier alpha value is -0.640. The lowest BCUT2D eigenvalue weighted by atomic mass is 9.78. The molecule has 0 amide bonds. The van der Waals surface area contributed by atoms with E-state index in [-0.39, 0.29) is 0 Å². The summed E-state index contributed by atoms with van der Waals surface area (Å²) in [5.41, 5.74) is 0.463. The Bertz CT molecular complexity index is 369. The maximum atomic E-state index is 4.28. The standard InChI is InChI=1S/C14H22BrN3/c1-11(2)7-14(5-3-4-6-14)10-18-13-16-8-12(15)9-17-13/h8-9,11H,3-7,10H2,1-2H3,(H,16,17,18). The minimum atomic E-state index is 0.463. The first kappa shape index (κ1) is 13.8. The van der Waals surface area contributed by atoms with Gasteiger partial charge in [0.05, 0.1) is 4.47 Å². The molecule has 1 aliphatic carbocycles. The van der Waals surface area contributed by atoms with E-state index in [0.29, 0.717) is 5.41 Å². The van der Waals surface area contributed by atoms with Crippen LogP contribution in [0, 0.1) is 11.3 Å². The van der Waals surface area contributed by atoms with E-state index >= 15 is 0 Å². The van der Waals surface area contributed by atoms with Crippen LogP contribution in [0.15, 0.2) is 16.9 Å². The van der Waals surface area contributed by atoms with Crippen LogP contribution in [-0.4, -0.2) is 16.5 Å². The number of nitrogens with one attached hydrogen (secondary N) is 1. The topological polar surface area (TPSA) is 37.8 Å². The number of nitrogens with zero attached hydrogens (tertiary/aromatic N) is 2. The van der Waals surface area contributed by atoms with Crippen LogP contribution in [0.3, 0.4) is 0 Å². The second-order valence-electron chi connectivity index (χ2n) is 5.88. The van der Waals surface area contributed by atoms with Crippen molar-refractivity contribution in [1.29, 1.82) is 0 Å². The first-order valence-electron chi connectivity index (χ1n) is 6.81. The highest BCUT2D eigenvalue weighted by molar-refractivity contribution is 9.10. The molecule has 0 unspecified atom stereocenters. The minimum absolute atomic E-state index is 0.463. The monoisotopic (exact) mass is 311 g/mol. The Morgan fingerprint density at radius 2 is 1.89 bits per heavy atom. The summed E-state index contributed by atoms with van der Waals surface area (Å²) < 4.78 is 0.922. The van der Waals surface area contributed by atoms with Crippen molar-refractivity contribution in [2.75, 3.05) is 11.9 Å². The Balaban J connectivity index is 1.95. The van der Waals surface area contributed by atoms with Crippen LogP contribution in [0.25, 0.3) is 0 Å². The van der Waals surface area contributed by atoms with Crippen molar-refractivity contribution in [1.82, 2.24) is 9.97 Å². The quantitative estimate of drug-likeness (QED) is 0.883. The second kappa shape index (κ2) is 6.00. The summed E-state index contributed by atoms with van der Waals surface area (Å²) in [6.45, 7) is 5.64. The van der Waals surface area contributed by atoms with Crippen LogP contribution in [0.4, 0.5) is 5.95 Å². The van der Waals surface area contributed by atoms with Crippen molar-refractivity contribution in [2.45, 2.75) is 46.0 Å². The van der Waals surface area contributed by atoms with Crippen LogP contribution < -0.4 is 5.32 Å². The van der Waals surface area contributed by atoms with Gasteiger partial charge < -0.3 is 5.32 Å². The van der Waals surface area contributed by atoms with E-state index in [1.54, 1.807) is 12.4 Å². The van der Waals surface area contributed by atoms with Gasteiger partial charge in [0.15, 0.2) is 0 Å². The Kier molecular flexibility index (Phi) is 4.60. The van der Waals surface area contributed by atoms with Gasteiger partial charge in [0.2, 0.25) is 5.95 Å². The van der Waals surface area contributed by atoms with Gasteiger partial charge >= 0.3 is 0 Å². The largest absolute Gasteiger partial charge is 0.354 e. The highest BCUT2D eigenvalue weighted by atomic mass is 79.9. The lowest BCUT2D eigenvalue weighted by Crippen LogP contribution is -2.29. The average Bonchev–Trinajstić information content (AvgIpc) is 2.76. The molecule has 1 N–H and O–H groups in total. The molecule has 3 nitrogen and oxygen atoms in total. The molecule has 0 aromatic carbocycles. The van der Waals surface area contributed by atoms with E-state index in [1.165, 1.54) is 32.1 Å². The lowest BCUT2D eigenvalue weighted by Gasteiger charge is -2.31. The fourth-order valence-electron chi connectivity index (χ4n) is 3.11. The van der Waals surface area contributed by atoms with Crippen molar-refractivity contribution in [3.05, 3.63) is 16.9 Å². The number of hydrogen-bond donors (Lipinski definition) is 1. The van der Waals surface area contributed by atoms with Crippen LogP contribution in [0.2, 0.25) is 0 Å². The van der Waals surface area contributed by atoms with Gasteiger partial charge in [-0.2, -0.15) is 0 Å². The molecule has 0 saturated heterocycles. The number of aromatic nitrogens is 2. The minimum Gasteiger partial charge on any atom is -0.354 e. The van der Waals surface area contributed by atoms with Gasteiger partial charge in [-0.3, -0.25) is 0 Å². The van der Waals surface area contributed by atoms with E-state index in [9.17, 15) is 0 Å². The van der Waals surface area contributed by atoms with E-state index < -0.39 is 0 Å². The number of anilines is 1. The molecule has 1 aliphatic rings. The third kappa shape index (κ3) is 3.67. The van der Waals surface area contributed by atoms with E-state index in [1.807, 2.05) is 0 Å². The smallest absolute Gasteiger partial charge is 0.222 e. The average molecular weight is 312 g/mol. The Labute approximate surface area is 118 Å². The van der Waals surface area contributed by atoms with E-state index in [0.717, 1.165) is 22.9 Å². The highest BCUT2D eigenvalue weighted by Gasteiger charge is 2.34. The maximum Gasteiger partial charge on any atom is 0.222 e. The van der Waals surface area contributed by atoms with Gasteiger partial charge in [-0.05, 0) is 46.5 Å². The molecular formula is C14H22BrN3. The molecule has 0 bridgehead atoms. The molecule has 0 aliphatic heterocycles. The van der Waals surface area contributed by atoms with Gasteiger partial charge in [-0.15, -0.1) is 0 Å². The molecule has 1 aromatic heterocycles. The fraction of sp³-hybridized carbons (Fsp3) is 0.714. The summed E-state index contributed by atoms with van der Waals surface area (Å²) in [4.78, 5) is 8.56. The molecule has 0 spiro atoms. The molecule has 1 fully saturated rings. The third-order valence-electron chi connectivity index (χ3n) is 3.75. The molecule has 100 valence electrons. The zero-order valence-electron chi connectivity index (χ0n) is 11.2. The Morgan fingerprint density at radius 1 is 1.28 bits per heavy atom. The van der Waals surface area contributed by atoms with Gasteiger partial charge in [-0.25, -0.2) is 9.97 Å². The van der Waals surface area contributed by atoms with Gasteiger partial charge in [0.1, 0.15) is 0 Å². The molecule has 0 radical (unpaired) electrons. The summed E-state index contributed by atoms with van der Waals surface area (Å²) in [6.07, 6.45) is 10.3. The van der Waals surface area contributed by atoms with Crippen molar-refractivity contribution in [3.8, 4) is 0 Å². The van der Waals surface area contributed by atoms with Crippen molar-refractivity contribution in [2.24, 2.45) is 11.3 Å². The van der Waals surface area contributed by atoms with Crippen molar-refractivity contribution < 1.29 is 0 Å². The molecule has 4 heteroatoms. The predicted octanol–water partition coefficient (Wildman–Crippen LogP) is 4.26. The van der Waals surface area contributed by atoms with Gasteiger partial charge in [-0.1, -0.05) is 26.7 Å². The number of halogens is 1. The van der Waals surface area contributed by atoms with Crippen molar-refractivity contribution >= 4 is 21.9 Å². The highest BCUT2D eigenvalue weighted by Crippen LogP contribution is 2.43. The van der Waals surface area contributed by atoms with Crippen LogP contribution in [0.1, 0.15) is 46.0 Å². The van der Waals surface area contributed by atoms with E-state index in [2.05, 4.69) is 45.1 Å². The molecule has 2 rings (SSSR count). The summed E-state index contributed by atoms with van der Waals surface area (Å²) in [5, 5.41) is 3.42. The summed E-state index contributed by atoms with van der Waals surface area (Å²) in [5.74, 6) is 1.50. The van der Waals surface area contributed by atoms with Gasteiger partial charge in [0.25, 0.3) is 0 Å². The first-order chi connectivity index (χ1) is 8.60. The molecule has 1 saturated carbocycles. The fourth-order valence-corrected chi connectivity index (χ4v) is 3.32. The molecule has 0 atom stereocenters. The normalized spacial score (nSPS) is 18.2. The maximum absolute atomic E-state index is 4.28. The zero-order chi connectivity index (χ0) is 13.0. The van der Waals surface area contributed by atoms with Gasteiger partial charge in [0, 0.05) is 18.9 Å². The summed E-state index contributed by atoms with van der Waals surface area (Å²) in [6, 6.07) is 0. The van der Waals surface area contributed by atoms with Crippen LogP contribution >= 0.6 is 15.9 Å². The summed E-state index contributed by atoms with van der Waals surface area (Å²) >= 11 is 3.35. The van der Waals surface area contributed by atoms with Crippen LogP contribution in [-0.2, 0) is 0 Å². The second-order valence-corrected chi connectivity index (χ2v) is 6.80. The first-order valence-corrected chi connectivity index (χ1v) is 7.60. The number of rotatable bonds is 5. The molecule has 18 heavy (non-hydrogen) atoms. The summed E-state index contributed by atoms with van der Waals surface area (Å²) in [7, 11) is 0. The SMILES string of the molecule is CC(C)CC1(CNc2ncc(Br)cn2)CCCC1. The molecular weight excluding hydrogens is 290 g/mol. The predicted molar refractivity (Wildman–Crippen MR) is 78.6 cm³/mol.